The summed E-state index contributed by atoms with van der Waals surface area (Å²) < 4.78 is 0. The van der Waals surface area contributed by atoms with Gasteiger partial charge in [0.2, 0.25) is 11.8 Å². The molecule has 2 unspecified atom stereocenters. The highest BCUT2D eigenvalue weighted by atomic mass is 35.5. The first-order chi connectivity index (χ1) is 10.4. The van der Waals surface area contributed by atoms with E-state index in [0.29, 0.717) is 12.8 Å². The lowest BCUT2D eigenvalue weighted by Gasteiger charge is -2.18. The molecule has 1 aromatic carbocycles. The van der Waals surface area contributed by atoms with Crippen molar-refractivity contribution in [3.05, 3.63) is 33.8 Å². The summed E-state index contributed by atoms with van der Waals surface area (Å²) in [6.07, 6.45) is 1.05. The van der Waals surface area contributed by atoms with Crippen LogP contribution in [0.1, 0.15) is 30.1 Å². The van der Waals surface area contributed by atoms with E-state index in [0.717, 1.165) is 0 Å². The molecule has 0 aromatic heterocycles. The maximum atomic E-state index is 12.1. The fourth-order valence-corrected chi connectivity index (χ4v) is 2.98. The van der Waals surface area contributed by atoms with Crippen LogP contribution in [0, 0.1) is 5.92 Å². The highest BCUT2D eigenvalue weighted by molar-refractivity contribution is 6.40. The molecule has 2 N–H and O–H groups in total. The van der Waals surface area contributed by atoms with E-state index in [1.807, 2.05) is 0 Å². The number of ketones is 1. The topological polar surface area (TPSA) is 75.3 Å². The average Bonchev–Trinajstić information content (AvgIpc) is 2.90. The van der Waals surface area contributed by atoms with Crippen molar-refractivity contribution in [2.45, 2.75) is 25.8 Å². The average molecular weight is 343 g/mol. The number of benzene rings is 1. The van der Waals surface area contributed by atoms with Crippen molar-refractivity contribution >= 4 is 40.8 Å². The Bertz CT molecular complexity index is 599. The van der Waals surface area contributed by atoms with Gasteiger partial charge in [-0.3, -0.25) is 14.4 Å². The van der Waals surface area contributed by atoms with Gasteiger partial charge in [0.1, 0.15) is 0 Å². The molecule has 7 heteroatoms. The lowest BCUT2D eigenvalue weighted by atomic mass is 9.99. The van der Waals surface area contributed by atoms with Crippen LogP contribution in [-0.4, -0.2) is 30.2 Å². The highest BCUT2D eigenvalue weighted by Gasteiger charge is 2.30. The zero-order valence-electron chi connectivity index (χ0n) is 12.0. The fraction of sp³-hybridized carbons (Fsp3) is 0.400. The van der Waals surface area contributed by atoms with Crippen molar-refractivity contribution < 1.29 is 14.4 Å². The number of carbonyl (C=O) groups is 3. The van der Waals surface area contributed by atoms with Crippen LogP contribution in [0.15, 0.2) is 18.2 Å². The summed E-state index contributed by atoms with van der Waals surface area (Å²) in [5.74, 6) is -1.10. The lowest BCUT2D eigenvalue weighted by Crippen LogP contribution is -2.42. The first-order valence-corrected chi connectivity index (χ1v) is 7.70. The number of halogens is 2. The van der Waals surface area contributed by atoms with E-state index in [1.165, 1.54) is 0 Å². The van der Waals surface area contributed by atoms with Gasteiger partial charge in [-0.25, -0.2) is 0 Å². The second kappa shape index (κ2) is 7.11. The predicted molar refractivity (Wildman–Crippen MR) is 84.1 cm³/mol. The molecular weight excluding hydrogens is 327 g/mol. The van der Waals surface area contributed by atoms with Gasteiger partial charge in [-0.05, 0) is 18.6 Å². The molecule has 2 rings (SSSR count). The summed E-state index contributed by atoms with van der Waals surface area (Å²) in [6.45, 7) is 1.53. The number of carbonyl (C=O) groups excluding carboxylic acids is 3. The smallest absolute Gasteiger partial charge is 0.225 e. The SMILES string of the molecule is CC(C(=O)NCC(=O)c1c(Cl)cccc1Cl)C1CCC(=O)N1. The lowest BCUT2D eigenvalue weighted by molar-refractivity contribution is -0.125. The van der Waals surface area contributed by atoms with E-state index in [1.54, 1.807) is 25.1 Å². The first kappa shape index (κ1) is 16.8. The minimum absolute atomic E-state index is 0.0522. The molecule has 2 amide bonds. The Morgan fingerprint density at radius 3 is 2.55 bits per heavy atom. The molecule has 1 saturated heterocycles. The minimum Gasteiger partial charge on any atom is -0.353 e. The van der Waals surface area contributed by atoms with Gasteiger partial charge in [0.15, 0.2) is 5.78 Å². The molecule has 0 saturated carbocycles. The molecule has 2 atom stereocenters. The molecule has 1 aromatic rings. The molecule has 0 aliphatic carbocycles. The number of Topliss-reactive ketones (excluding diaryl/α,β-unsaturated/α-hetero) is 1. The maximum absolute atomic E-state index is 12.1. The Morgan fingerprint density at radius 1 is 1.36 bits per heavy atom. The molecule has 0 spiro atoms. The zero-order valence-corrected chi connectivity index (χ0v) is 13.5. The molecule has 0 bridgehead atoms. The quantitative estimate of drug-likeness (QED) is 0.805. The number of hydrogen-bond acceptors (Lipinski definition) is 3. The molecule has 1 aliphatic heterocycles. The number of amides is 2. The monoisotopic (exact) mass is 342 g/mol. The zero-order chi connectivity index (χ0) is 16.3. The van der Waals surface area contributed by atoms with Gasteiger partial charge in [0, 0.05) is 12.5 Å². The van der Waals surface area contributed by atoms with Crippen LogP contribution >= 0.6 is 23.2 Å². The van der Waals surface area contributed by atoms with Gasteiger partial charge in [0.05, 0.1) is 28.1 Å². The van der Waals surface area contributed by atoms with Crippen molar-refractivity contribution in [2.75, 3.05) is 6.54 Å². The standard InChI is InChI=1S/C15H16Cl2N2O3/c1-8(11-5-6-13(21)19-11)15(22)18-7-12(20)14-9(16)3-2-4-10(14)17/h2-4,8,11H,5-7H2,1H3,(H,18,22)(H,19,21). The second-order valence-electron chi connectivity index (χ2n) is 5.24. The van der Waals surface area contributed by atoms with Crippen molar-refractivity contribution in [1.29, 1.82) is 0 Å². The summed E-state index contributed by atoms with van der Waals surface area (Å²) in [7, 11) is 0. The summed E-state index contributed by atoms with van der Waals surface area (Å²) in [6, 6.07) is 4.59. The van der Waals surface area contributed by atoms with Gasteiger partial charge in [0.25, 0.3) is 0 Å². The van der Waals surface area contributed by atoms with Gasteiger partial charge in [-0.15, -0.1) is 0 Å². The van der Waals surface area contributed by atoms with Gasteiger partial charge in [-0.1, -0.05) is 36.2 Å². The normalized spacial score (nSPS) is 18.7. The summed E-state index contributed by atoms with van der Waals surface area (Å²) >= 11 is 11.9. The van der Waals surface area contributed by atoms with Crippen LogP contribution in [0.3, 0.4) is 0 Å². The van der Waals surface area contributed by atoms with E-state index < -0.39 is 5.92 Å². The Labute approximate surface area is 138 Å². The molecule has 22 heavy (non-hydrogen) atoms. The second-order valence-corrected chi connectivity index (χ2v) is 6.05. The molecule has 1 aliphatic rings. The van der Waals surface area contributed by atoms with E-state index in [9.17, 15) is 14.4 Å². The molecular formula is C15H16Cl2N2O3. The molecule has 1 fully saturated rings. The van der Waals surface area contributed by atoms with E-state index in [-0.39, 0.29) is 45.8 Å². The molecule has 118 valence electrons. The Balaban J connectivity index is 1.93. The summed E-state index contributed by atoms with van der Waals surface area (Å²) in [5.41, 5.74) is 0.202. The third-order valence-electron chi connectivity index (χ3n) is 3.71. The number of rotatable bonds is 5. The number of hydrogen-bond donors (Lipinski definition) is 2. The van der Waals surface area contributed by atoms with Crippen LogP contribution in [0.4, 0.5) is 0 Å². The van der Waals surface area contributed by atoms with E-state index in [2.05, 4.69) is 10.6 Å². The van der Waals surface area contributed by atoms with Crippen molar-refractivity contribution in [3.8, 4) is 0 Å². The number of nitrogens with one attached hydrogen (secondary N) is 2. The van der Waals surface area contributed by atoms with Gasteiger partial charge in [-0.2, -0.15) is 0 Å². The fourth-order valence-electron chi connectivity index (χ4n) is 2.38. The maximum Gasteiger partial charge on any atom is 0.225 e. The van der Waals surface area contributed by atoms with E-state index >= 15 is 0 Å². The van der Waals surface area contributed by atoms with Crippen LogP contribution in [0.25, 0.3) is 0 Å². The Kier molecular flexibility index (Phi) is 5.42. The van der Waals surface area contributed by atoms with Crippen LogP contribution < -0.4 is 10.6 Å². The van der Waals surface area contributed by atoms with Crippen molar-refractivity contribution in [3.63, 3.8) is 0 Å². The summed E-state index contributed by atoms with van der Waals surface area (Å²) in [4.78, 5) is 35.4. The molecule has 1 heterocycles. The van der Waals surface area contributed by atoms with E-state index in [4.69, 9.17) is 23.2 Å². The largest absolute Gasteiger partial charge is 0.353 e. The van der Waals surface area contributed by atoms with Gasteiger partial charge < -0.3 is 10.6 Å². The van der Waals surface area contributed by atoms with Crippen LogP contribution in [0.2, 0.25) is 10.0 Å². The molecule has 5 nitrogen and oxygen atoms in total. The van der Waals surface area contributed by atoms with Crippen molar-refractivity contribution in [2.24, 2.45) is 5.92 Å². The third-order valence-corrected chi connectivity index (χ3v) is 4.34. The van der Waals surface area contributed by atoms with Crippen LogP contribution in [0.5, 0.6) is 0 Å². The van der Waals surface area contributed by atoms with Crippen LogP contribution in [-0.2, 0) is 9.59 Å². The first-order valence-electron chi connectivity index (χ1n) is 6.94. The minimum atomic E-state index is -0.402. The van der Waals surface area contributed by atoms with Crippen molar-refractivity contribution in [1.82, 2.24) is 10.6 Å². The highest BCUT2D eigenvalue weighted by Crippen LogP contribution is 2.24. The predicted octanol–water partition coefficient (Wildman–Crippen LogP) is 2.21. The summed E-state index contributed by atoms with van der Waals surface area (Å²) in [5, 5.41) is 5.82. The Hall–Kier alpha value is -1.59. The third kappa shape index (κ3) is 3.78. The Morgan fingerprint density at radius 2 is 2.00 bits per heavy atom. The van der Waals surface area contributed by atoms with Gasteiger partial charge >= 0.3 is 0 Å². The molecule has 0 radical (unpaired) electrons.